The Morgan fingerprint density at radius 2 is 2.20 bits per heavy atom. The molecule has 0 radical (unpaired) electrons. The summed E-state index contributed by atoms with van der Waals surface area (Å²) >= 11 is 0. The smallest absolute Gasteiger partial charge is 0.0954 e. The van der Waals surface area contributed by atoms with Gasteiger partial charge in [-0.05, 0) is 13.8 Å². The van der Waals surface area contributed by atoms with Crippen LogP contribution in [0.1, 0.15) is 13.8 Å². The highest BCUT2D eigenvalue weighted by Crippen LogP contribution is 1.93. The summed E-state index contributed by atoms with van der Waals surface area (Å²) in [5, 5.41) is 0. The summed E-state index contributed by atoms with van der Waals surface area (Å²) in [7, 11) is 3.79. The van der Waals surface area contributed by atoms with E-state index in [9.17, 15) is 0 Å². The molecule has 0 saturated heterocycles. The van der Waals surface area contributed by atoms with Crippen molar-refractivity contribution in [3.05, 3.63) is 0 Å². The lowest BCUT2D eigenvalue weighted by atomic mass is 10.3. The molecule has 1 atom stereocenters. The third kappa shape index (κ3) is 2.35. The molecule has 0 aliphatic heterocycles. The Bertz CT molecular complexity index is 120. The van der Waals surface area contributed by atoms with Gasteiger partial charge in [0.1, 0.15) is 0 Å². The van der Waals surface area contributed by atoms with Gasteiger partial charge in [-0.3, -0.25) is 4.99 Å². The second-order valence-corrected chi connectivity index (χ2v) is 2.47. The third-order valence-corrected chi connectivity index (χ3v) is 1.84. The fourth-order valence-corrected chi connectivity index (χ4v) is 0.635. The van der Waals surface area contributed by atoms with Crippen LogP contribution in [0.3, 0.4) is 0 Å². The fourth-order valence-electron chi connectivity index (χ4n) is 0.635. The second-order valence-electron chi connectivity index (χ2n) is 2.47. The number of aliphatic imine (C=N–C) groups is 1. The average molecular weight is 143 g/mol. The molecule has 0 spiro atoms. The summed E-state index contributed by atoms with van der Waals surface area (Å²) in [5.41, 5.74) is 5.47. The van der Waals surface area contributed by atoms with Gasteiger partial charge in [0.05, 0.1) is 5.84 Å². The first kappa shape index (κ1) is 9.43. The van der Waals surface area contributed by atoms with E-state index in [1.165, 1.54) is 0 Å². The lowest BCUT2D eigenvalue weighted by Crippen LogP contribution is -2.38. The molecule has 0 rings (SSSR count). The molecule has 0 heterocycles. The molecule has 0 fully saturated rings. The first-order chi connectivity index (χ1) is 4.63. The summed E-state index contributed by atoms with van der Waals surface area (Å²) in [6.07, 6.45) is 0. The molecule has 0 aromatic rings. The molecule has 0 aliphatic carbocycles. The second kappa shape index (κ2) is 4.28. The number of nitrogens with zero attached hydrogens (tertiary/aromatic N) is 2. The van der Waals surface area contributed by atoms with Gasteiger partial charge in [0.2, 0.25) is 0 Å². The Morgan fingerprint density at radius 1 is 1.70 bits per heavy atom. The van der Waals surface area contributed by atoms with Gasteiger partial charge in [0.15, 0.2) is 0 Å². The summed E-state index contributed by atoms with van der Waals surface area (Å²) in [6.45, 7) is 4.73. The predicted octanol–water partition coefficient (Wildman–Crippen LogP) is 0.314. The highest BCUT2D eigenvalue weighted by molar-refractivity contribution is 5.79. The number of amidine groups is 1. The number of likely N-dealkylation sites (N-methyl/N-ethyl adjacent to an activating group) is 1. The van der Waals surface area contributed by atoms with Crippen molar-refractivity contribution in [2.24, 2.45) is 10.7 Å². The molecular formula is C7H17N3. The minimum absolute atomic E-state index is 0.378. The SMILES string of the molecule is CN=C(C)N(C)[C@H](C)CN. The first-order valence-electron chi connectivity index (χ1n) is 3.49. The van der Waals surface area contributed by atoms with Crippen LogP contribution in [0.15, 0.2) is 4.99 Å². The molecule has 0 aliphatic rings. The van der Waals surface area contributed by atoms with Gasteiger partial charge in [-0.25, -0.2) is 0 Å². The van der Waals surface area contributed by atoms with E-state index in [1.54, 1.807) is 7.05 Å². The Labute approximate surface area is 62.9 Å². The van der Waals surface area contributed by atoms with Crippen molar-refractivity contribution >= 4 is 5.84 Å². The summed E-state index contributed by atoms with van der Waals surface area (Å²) in [6, 6.07) is 0.378. The maximum atomic E-state index is 5.47. The van der Waals surface area contributed by atoms with E-state index < -0.39 is 0 Å². The van der Waals surface area contributed by atoms with Gasteiger partial charge >= 0.3 is 0 Å². The van der Waals surface area contributed by atoms with Crippen LogP contribution in [0.25, 0.3) is 0 Å². The number of nitrogens with two attached hydrogens (primary N) is 1. The largest absolute Gasteiger partial charge is 0.360 e. The third-order valence-electron chi connectivity index (χ3n) is 1.84. The van der Waals surface area contributed by atoms with E-state index in [0.717, 1.165) is 5.84 Å². The van der Waals surface area contributed by atoms with Crippen LogP contribution in [0.5, 0.6) is 0 Å². The van der Waals surface area contributed by atoms with E-state index in [1.807, 2.05) is 14.0 Å². The number of hydrogen-bond donors (Lipinski definition) is 1. The standard InChI is InChI=1S/C7H17N3/c1-6(5-8)10(4)7(2)9-3/h6H,5,8H2,1-4H3/t6-/m1/s1. The van der Waals surface area contributed by atoms with Crippen molar-refractivity contribution in [2.45, 2.75) is 19.9 Å². The molecule has 60 valence electrons. The van der Waals surface area contributed by atoms with Crippen LogP contribution >= 0.6 is 0 Å². The zero-order chi connectivity index (χ0) is 8.15. The summed E-state index contributed by atoms with van der Waals surface area (Å²) in [4.78, 5) is 6.11. The van der Waals surface area contributed by atoms with E-state index in [4.69, 9.17) is 5.73 Å². The van der Waals surface area contributed by atoms with E-state index in [-0.39, 0.29) is 0 Å². The molecule has 3 nitrogen and oxygen atoms in total. The van der Waals surface area contributed by atoms with Crippen molar-refractivity contribution in [1.82, 2.24) is 4.90 Å². The maximum absolute atomic E-state index is 5.47. The average Bonchev–Trinajstić information content (AvgIpc) is 2.00. The van der Waals surface area contributed by atoms with Gasteiger partial charge in [-0.1, -0.05) is 0 Å². The van der Waals surface area contributed by atoms with Crippen LogP contribution < -0.4 is 5.73 Å². The van der Waals surface area contributed by atoms with Crippen LogP contribution in [-0.2, 0) is 0 Å². The van der Waals surface area contributed by atoms with Crippen LogP contribution in [0, 0.1) is 0 Å². The van der Waals surface area contributed by atoms with Crippen molar-refractivity contribution in [1.29, 1.82) is 0 Å². The van der Waals surface area contributed by atoms with Gasteiger partial charge in [0, 0.05) is 26.7 Å². The minimum Gasteiger partial charge on any atom is -0.360 e. The molecule has 0 aromatic carbocycles. The molecule has 0 saturated carbocycles. The molecular weight excluding hydrogens is 126 g/mol. The Balaban J connectivity index is 3.94. The lowest BCUT2D eigenvalue weighted by molar-refractivity contribution is 0.395. The number of hydrogen-bond acceptors (Lipinski definition) is 2. The zero-order valence-corrected chi connectivity index (χ0v) is 7.26. The van der Waals surface area contributed by atoms with Crippen LogP contribution in [0.4, 0.5) is 0 Å². The number of rotatable bonds is 2. The monoisotopic (exact) mass is 143 g/mol. The zero-order valence-electron chi connectivity index (χ0n) is 7.26. The summed E-state index contributed by atoms with van der Waals surface area (Å²) < 4.78 is 0. The molecule has 3 heteroatoms. The molecule has 2 N–H and O–H groups in total. The van der Waals surface area contributed by atoms with Crippen molar-refractivity contribution in [3.63, 3.8) is 0 Å². The Morgan fingerprint density at radius 3 is 2.50 bits per heavy atom. The highest BCUT2D eigenvalue weighted by Gasteiger charge is 2.06. The van der Waals surface area contributed by atoms with Crippen molar-refractivity contribution in [3.8, 4) is 0 Å². The lowest BCUT2D eigenvalue weighted by Gasteiger charge is -2.24. The van der Waals surface area contributed by atoms with E-state index in [0.29, 0.717) is 12.6 Å². The quantitative estimate of drug-likeness (QED) is 0.446. The highest BCUT2D eigenvalue weighted by atomic mass is 15.2. The van der Waals surface area contributed by atoms with Crippen molar-refractivity contribution in [2.75, 3.05) is 20.6 Å². The Kier molecular flexibility index (Phi) is 4.03. The van der Waals surface area contributed by atoms with Gasteiger partial charge in [-0.2, -0.15) is 0 Å². The van der Waals surface area contributed by atoms with E-state index >= 15 is 0 Å². The van der Waals surface area contributed by atoms with Crippen molar-refractivity contribution < 1.29 is 0 Å². The molecule has 0 aromatic heterocycles. The van der Waals surface area contributed by atoms with Gasteiger partial charge in [-0.15, -0.1) is 0 Å². The minimum atomic E-state index is 0.378. The van der Waals surface area contributed by atoms with Gasteiger partial charge < -0.3 is 10.6 Å². The van der Waals surface area contributed by atoms with Crippen LogP contribution in [0.2, 0.25) is 0 Å². The molecule has 0 amide bonds. The predicted molar refractivity (Wildman–Crippen MR) is 45.3 cm³/mol. The van der Waals surface area contributed by atoms with E-state index in [2.05, 4.69) is 16.8 Å². The Hall–Kier alpha value is -0.570. The topological polar surface area (TPSA) is 41.6 Å². The fraction of sp³-hybridized carbons (Fsp3) is 0.857. The molecule has 0 bridgehead atoms. The summed E-state index contributed by atoms with van der Waals surface area (Å²) in [5.74, 6) is 1.03. The maximum Gasteiger partial charge on any atom is 0.0954 e. The molecule has 0 unspecified atom stereocenters. The van der Waals surface area contributed by atoms with Crippen LogP contribution in [-0.4, -0.2) is 37.4 Å². The first-order valence-corrected chi connectivity index (χ1v) is 3.49. The van der Waals surface area contributed by atoms with Gasteiger partial charge in [0.25, 0.3) is 0 Å². The molecule has 10 heavy (non-hydrogen) atoms. The normalized spacial score (nSPS) is 15.1.